The Morgan fingerprint density at radius 2 is 1.69 bits per heavy atom. The van der Waals surface area contributed by atoms with Crippen molar-refractivity contribution < 1.29 is 14.3 Å². The molecule has 29 heavy (non-hydrogen) atoms. The molecule has 2 amide bonds. The van der Waals surface area contributed by atoms with Crippen LogP contribution in [-0.2, 0) is 16.1 Å². The highest BCUT2D eigenvalue weighted by Gasteiger charge is 2.26. The monoisotopic (exact) mass is 436 g/mol. The van der Waals surface area contributed by atoms with Gasteiger partial charge in [0.15, 0.2) is 6.61 Å². The highest BCUT2D eigenvalue weighted by Crippen LogP contribution is 2.26. The molecular formula is C22H26Cl2N2O3. The average molecular weight is 437 g/mol. The maximum absolute atomic E-state index is 12.9. The Bertz CT molecular complexity index is 846. The van der Waals surface area contributed by atoms with Crippen LogP contribution in [0.4, 0.5) is 0 Å². The zero-order valence-electron chi connectivity index (χ0n) is 17.1. The maximum Gasteiger partial charge on any atom is 0.261 e. The van der Waals surface area contributed by atoms with Crippen LogP contribution in [0.25, 0.3) is 0 Å². The van der Waals surface area contributed by atoms with Crippen LogP contribution >= 0.6 is 23.2 Å². The van der Waals surface area contributed by atoms with Gasteiger partial charge < -0.3 is 15.0 Å². The molecule has 1 atom stereocenters. The summed E-state index contributed by atoms with van der Waals surface area (Å²) in [5, 5.41) is 4.05. The lowest BCUT2D eigenvalue weighted by atomic mass is 10.1. The van der Waals surface area contributed by atoms with E-state index < -0.39 is 6.04 Å². The van der Waals surface area contributed by atoms with Gasteiger partial charge in [0.05, 0.1) is 0 Å². The Kier molecular flexibility index (Phi) is 8.35. The number of carbonyl (C=O) groups is 2. The van der Waals surface area contributed by atoms with E-state index in [1.807, 2.05) is 32.9 Å². The summed E-state index contributed by atoms with van der Waals surface area (Å²) in [4.78, 5) is 26.8. The number of hydrogen-bond donors (Lipinski definition) is 1. The minimum Gasteiger partial charge on any atom is -0.484 e. The van der Waals surface area contributed by atoms with Crippen molar-refractivity contribution in [2.24, 2.45) is 0 Å². The molecule has 0 aliphatic rings. The highest BCUT2D eigenvalue weighted by atomic mass is 35.5. The van der Waals surface area contributed by atoms with E-state index in [1.54, 1.807) is 31.2 Å². The van der Waals surface area contributed by atoms with Gasteiger partial charge in [0.1, 0.15) is 11.8 Å². The Morgan fingerprint density at radius 1 is 1.10 bits per heavy atom. The van der Waals surface area contributed by atoms with Crippen molar-refractivity contribution in [1.82, 2.24) is 10.2 Å². The second-order valence-electron chi connectivity index (χ2n) is 6.88. The lowest BCUT2D eigenvalue weighted by Gasteiger charge is -2.28. The zero-order valence-corrected chi connectivity index (χ0v) is 18.6. The van der Waals surface area contributed by atoms with Crippen LogP contribution in [0.5, 0.6) is 5.75 Å². The van der Waals surface area contributed by atoms with Gasteiger partial charge in [0.25, 0.3) is 5.91 Å². The molecule has 1 N–H and O–H groups in total. The van der Waals surface area contributed by atoms with E-state index in [2.05, 4.69) is 5.32 Å². The van der Waals surface area contributed by atoms with Crippen molar-refractivity contribution in [3.8, 4) is 5.75 Å². The molecule has 7 heteroatoms. The third-order valence-corrected chi connectivity index (χ3v) is 5.40. The molecule has 0 heterocycles. The summed E-state index contributed by atoms with van der Waals surface area (Å²) in [6.07, 6.45) is 0. The first-order valence-electron chi connectivity index (χ1n) is 9.44. The van der Waals surface area contributed by atoms with E-state index in [0.717, 1.165) is 16.7 Å². The number of rotatable bonds is 8. The fourth-order valence-electron chi connectivity index (χ4n) is 2.91. The number of benzene rings is 2. The molecule has 2 rings (SSSR count). The van der Waals surface area contributed by atoms with Gasteiger partial charge in [0.2, 0.25) is 5.91 Å². The van der Waals surface area contributed by atoms with Gasteiger partial charge in [-0.25, -0.2) is 0 Å². The molecule has 0 radical (unpaired) electrons. The van der Waals surface area contributed by atoms with E-state index in [4.69, 9.17) is 27.9 Å². The molecule has 0 unspecified atom stereocenters. The van der Waals surface area contributed by atoms with Gasteiger partial charge in [0, 0.05) is 23.1 Å². The van der Waals surface area contributed by atoms with Gasteiger partial charge in [-0.1, -0.05) is 35.3 Å². The van der Waals surface area contributed by atoms with Crippen LogP contribution in [-0.4, -0.2) is 35.9 Å². The number of carbonyl (C=O) groups excluding carboxylic acids is 2. The highest BCUT2D eigenvalue weighted by molar-refractivity contribution is 6.32. The molecule has 156 valence electrons. The molecule has 0 aliphatic heterocycles. The summed E-state index contributed by atoms with van der Waals surface area (Å²) in [5.74, 6) is 0.0619. The van der Waals surface area contributed by atoms with Crippen LogP contribution in [0.2, 0.25) is 10.0 Å². The molecular weight excluding hydrogens is 411 g/mol. The number of likely N-dealkylation sites (N-methyl/N-ethyl adjacent to an activating group) is 1. The molecule has 0 saturated carbocycles. The van der Waals surface area contributed by atoms with Crippen molar-refractivity contribution >= 4 is 35.0 Å². The lowest BCUT2D eigenvalue weighted by molar-refractivity contribution is -0.142. The minimum absolute atomic E-state index is 0.183. The fourth-order valence-corrected chi connectivity index (χ4v) is 3.14. The normalized spacial score (nSPS) is 11.7. The van der Waals surface area contributed by atoms with Crippen molar-refractivity contribution in [3.05, 3.63) is 63.1 Å². The summed E-state index contributed by atoms with van der Waals surface area (Å²) >= 11 is 12.1. The first-order chi connectivity index (χ1) is 13.7. The molecule has 2 aromatic rings. The Morgan fingerprint density at radius 3 is 2.24 bits per heavy atom. The van der Waals surface area contributed by atoms with Gasteiger partial charge in [-0.2, -0.15) is 0 Å². The number of ether oxygens (including phenoxy) is 1. The summed E-state index contributed by atoms with van der Waals surface area (Å²) in [7, 11) is 0. The summed E-state index contributed by atoms with van der Waals surface area (Å²) in [6.45, 7) is 7.89. The predicted octanol–water partition coefficient (Wildman–Crippen LogP) is 4.54. The van der Waals surface area contributed by atoms with E-state index in [-0.39, 0.29) is 25.0 Å². The Hall–Kier alpha value is -2.24. The Balaban J connectivity index is 2.16. The fraction of sp³-hybridized carbons (Fsp3) is 0.364. The number of amides is 2. The lowest BCUT2D eigenvalue weighted by Crippen LogP contribution is -2.49. The molecule has 0 saturated heterocycles. The van der Waals surface area contributed by atoms with Gasteiger partial charge >= 0.3 is 0 Å². The zero-order chi connectivity index (χ0) is 21.6. The topological polar surface area (TPSA) is 58.6 Å². The summed E-state index contributed by atoms with van der Waals surface area (Å²) < 4.78 is 5.71. The third kappa shape index (κ3) is 6.38. The summed E-state index contributed by atoms with van der Waals surface area (Å²) in [6, 6.07) is 10.1. The molecule has 0 aromatic heterocycles. The van der Waals surface area contributed by atoms with Crippen molar-refractivity contribution in [1.29, 1.82) is 0 Å². The first kappa shape index (κ1) is 23.0. The number of nitrogens with zero attached hydrogens (tertiary/aromatic N) is 1. The predicted molar refractivity (Wildman–Crippen MR) is 117 cm³/mol. The molecule has 0 spiro atoms. The quantitative estimate of drug-likeness (QED) is 0.660. The number of aryl methyl sites for hydroxylation is 2. The number of hydrogen-bond acceptors (Lipinski definition) is 3. The van der Waals surface area contributed by atoms with Gasteiger partial charge in [-0.05, 0) is 68.7 Å². The first-order valence-corrected chi connectivity index (χ1v) is 10.2. The van der Waals surface area contributed by atoms with Crippen LogP contribution < -0.4 is 10.1 Å². The number of nitrogens with one attached hydrogen (secondary N) is 1. The van der Waals surface area contributed by atoms with Crippen LogP contribution in [0.3, 0.4) is 0 Å². The SMILES string of the molecule is CCNC(=O)[C@H](C)N(Cc1ccc(Cl)cc1)C(=O)COc1cc(C)c(Cl)c(C)c1. The van der Waals surface area contributed by atoms with Crippen molar-refractivity contribution in [3.63, 3.8) is 0 Å². The van der Waals surface area contributed by atoms with Crippen LogP contribution in [0.15, 0.2) is 36.4 Å². The number of halogens is 2. The van der Waals surface area contributed by atoms with Crippen LogP contribution in [0.1, 0.15) is 30.5 Å². The second-order valence-corrected chi connectivity index (χ2v) is 7.69. The molecule has 0 bridgehead atoms. The van der Waals surface area contributed by atoms with Gasteiger partial charge in [-0.15, -0.1) is 0 Å². The average Bonchev–Trinajstić information content (AvgIpc) is 2.69. The molecule has 0 fully saturated rings. The largest absolute Gasteiger partial charge is 0.484 e. The molecule has 2 aromatic carbocycles. The molecule has 0 aliphatic carbocycles. The van der Waals surface area contributed by atoms with E-state index in [9.17, 15) is 9.59 Å². The Labute approximate surface area is 181 Å². The van der Waals surface area contributed by atoms with Crippen molar-refractivity contribution in [2.75, 3.05) is 13.2 Å². The second kappa shape index (κ2) is 10.5. The standard InChI is InChI=1S/C22H26Cl2N2O3/c1-5-25-22(28)16(4)26(12-17-6-8-18(23)9-7-17)20(27)13-29-19-10-14(2)21(24)15(3)11-19/h6-11,16H,5,12-13H2,1-4H3,(H,25,28)/t16-/m0/s1. The van der Waals surface area contributed by atoms with Crippen molar-refractivity contribution in [2.45, 2.75) is 40.3 Å². The smallest absolute Gasteiger partial charge is 0.261 e. The van der Waals surface area contributed by atoms with E-state index >= 15 is 0 Å². The molecule has 5 nitrogen and oxygen atoms in total. The van der Waals surface area contributed by atoms with Gasteiger partial charge in [-0.3, -0.25) is 9.59 Å². The summed E-state index contributed by atoms with van der Waals surface area (Å²) in [5.41, 5.74) is 2.63. The van der Waals surface area contributed by atoms with E-state index in [0.29, 0.717) is 22.3 Å². The maximum atomic E-state index is 12.9. The van der Waals surface area contributed by atoms with Crippen LogP contribution in [0, 0.1) is 13.8 Å². The third-order valence-electron chi connectivity index (χ3n) is 4.56. The van der Waals surface area contributed by atoms with E-state index in [1.165, 1.54) is 4.90 Å². The minimum atomic E-state index is -0.643.